The van der Waals surface area contributed by atoms with Crippen LogP contribution in [0.3, 0.4) is 0 Å². The van der Waals surface area contributed by atoms with E-state index in [4.69, 9.17) is 11.6 Å². The lowest BCUT2D eigenvalue weighted by Crippen LogP contribution is -2.34. The van der Waals surface area contributed by atoms with E-state index in [1.54, 1.807) is 17.1 Å². The summed E-state index contributed by atoms with van der Waals surface area (Å²) >= 11 is 5.83. The summed E-state index contributed by atoms with van der Waals surface area (Å²) in [6, 6.07) is 7.36. The first-order valence-electron chi connectivity index (χ1n) is 6.84. The second kappa shape index (κ2) is 6.07. The standard InChI is InChI=1S/C16H15ClN4O/c1-12-20-9-3-2-4-15(20)19-21(12)11-16(22)18-10-13-5-7-14(17)8-6-13/h2-9H,1,10-11H2,(H,18,22). The molecule has 0 fully saturated rings. The van der Waals surface area contributed by atoms with Gasteiger partial charge in [-0.3, -0.25) is 9.69 Å². The van der Waals surface area contributed by atoms with Crippen LogP contribution in [0, 0.1) is 0 Å². The van der Waals surface area contributed by atoms with Crippen LogP contribution in [0.1, 0.15) is 5.56 Å². The van der Waals surface area contributed by atoms with Crippen molar-refractivity contribution in [2.45, 2.75) is 6.54 Å². The average molecular weight is 315 g/mol. The molecule has 1 aromatic carbocycles. The molecule has 0 radical (unpaired) electrons. The van der Waals surface area contributed by atoms with Crippen molar-refractivity contribution in [3.8, 4) is 0 Å². The third kappa shape index (κ3) is 3.04. The number of amidine groups is 1. The Hall–Kier alpha value is -2.53. The maximum Gasteiger partial charge on any atom is 0.242 e. The number of rotatable bonds is 4. The fourth-order valence-electron chi connectivity index (χ4n) is 2.16. The van der Waals surface area contributed by atoms with Crippen molar-refractivity contribution in [3.05, 3.63) is 71.7 Å². The molecule has 2 heterocycles. The van der Waals surface area contributed by atoms with Crippen molar-refractivity contribution in [2.24, 2.45) is 5.10 Å². The van der Waals surface area contributed by atoms with Gasteiger partial charge in [-0.05, 0) is 29.8 Å². The molecule has 0 saturated carbocycles. The Bertz CT molecular complexity index is 691. The molecule has 0 aromatic heterocycles. The van der Waals surface area contributed by atoms with Crippen LogP contribution in [0.2, 0.25) is 5.02 Å². The van der Waals surface area contributed by atoms with Crippen molar-refractivity contribution >= 4 is 23.3 Å². The van der Waals surface area contributed by atoms with Crippen LogP contribution in [0.4, 0.5) is 0 Å². The Morgan fingerprint density at radius 2 is 2.05 bits per heavy atom. The Balaban J connectivity index is 1.55. The number of amides is 1. The zero-order valence-electron chi connectivity index (χ0n) is 11.9. The largest absolute Gasteiger partial charge is 0.350 e. The summed E-state index contributed by atoms with van der Waals surface area (Å²) in [5, 5.41) is 9.48. The smallest absolute Gasteiger partial charge is 0.242 e. The number of carbonyl (C=O) groups excluding carboxylic acids is 1. The van der Waals surface area contributed by atoms with E-state index in [0.29, 0.717) is 17.4 Å². The zero-order valence-corrected chi connectivity index (χ0v) is 12.6. The van der Waals surface area contributed by atoms with Crippen LogP contribution in [-0.2, 0) is 11.3 Å². The number of nitrogens with zero attached hydrogens (tertiary/aromatic N) is 3. The highest BCUT2D eigenvalue weighted by molar-refractivity contribution is 6.30. The first-order chi connectivity index (χ1) is 10.6. The van der Waals surface area contributed by atoms with Gasteiger partial charge in [0.05, 0.1) is 0 Å². The summed E-state index contributed by atoms with van der Waals surface area (Å²) in [5.41, 5.74) is 0.993. The number of benzene rings is 1. The highest BCUT2D eigenvalue weighted by Gasteiger charge is 2.26. The lowest BCUT2D eigenvalue weighted by molar-refractivity contribution is -0.122. The van der Waals surface area contributed by atoms with E-state index in [2.05, 4.69) is 17.0 Å². The van der Waals surface area contributed by atoms with Crippen molar-refractivity contribution in [1.82, 2.24) is 15.2 Å². The maximum absolute atomic E-state index is 12.0. The number of fused-ring (bicyclic) bond motifs is 1. The summed E-state index contributed by atoms with van der Waals surface area (Å²) in [4.78, 5) is 13.9. The van der Waals surface area contributed by atoms with E-state index in [1.807, 2.05) is 41.5 Å². The third-order valence-electron chi connectivity index (χ3n) is 3.33. The van der Waals surface area contributed by atoms with Gasteiger partial charge in [0.2, 0.25) is 5.91 Å². The molecule has 0 spiro atoms. The number of halogens is 1. The maximum atomic E-state index is 12.0. The molecule has 2 aliphatic heterocycles. The molecule has 1 aromatic rings. The minimum atomic E-state index is -0.117. The van der Waals surface area contributed by atoms with Crippen LogP contribution in [0.15, 0.2) is 66.2 Å². The van der Waals surface area contributed by atoms with Gasteiger partial charge in [0, 0.05) is 17.8 Å². The predicted octanol–water partition coefficient (Wildman–Crippen LogP) is 2.44. The summed E-state index contributed by atoms with van der Waals surface area (Å²) in [6.45, 7) is 4.55. The summed E-state index contributed by atoms with van der Waals surface area (Å²) in [6.07, 6.45) is 7.53. The Labute approximate surface area is 133 Å². The van der Waals surface area contributed by atoms with Gasteiger partial charge >= 0.3 is 0 Å². The zero-order chi connectivity index (χ0) is 15.5. The second-order valence-corrected chi connectivity index (χ2v) is 5.34. The first-order valence-corrected chi connectivity index (χ1v) is 7.21. The second-order valence-electron chi connectivity index (χ2n) is 4.91. The van der Waals surface area contributed by atoms with Crippen molar-refractivity contribution in [3.63, 3.8) is 0 Å². The van der Waals surface area contributed by atoms with E-state index in [9.17, 15) is 4.79 Å². The molecule has 0 unspecified atom stereocenters. The van der Waals surface area contributed by atoms with Crippen LogP contribution >= 0.6 is 11.6 Å². The molecular weight excluding hydrogens is 300 g/mol. The van der Waals surface area contributed by atoms with E-state index in [1.165, 1.54) is 0 Å². The van der Waals surface area contributed by atoms with Gasteiger partial charge in [0.1, 0.15) is 12.4 Å². The molecule has 1 amide bonds. The molecule has 0 aliphatic carbocycles. The molecule has 6 heteroatoms. The molecule has 0 saturated heterocycles. The molecule has 22 heavy (non-hydrogen) atoms. The van der Waals surface area contributed by atoms with Gasteiger partial charge in [-0.1, -0.05) is 36.4 Å². The van der Waals surface area contributed by atoms with Gasteiger partial charge in [-0.2, -0.15) is 5.10 Å². The number of allylic oxidation sites excluding steroid dienone is 2. The van der Waals surface area contributed by atoms with Gasteiger partial charge in [0.15, 0.2) is 5.84 Å². The summed E-state index contributed by atoms with van der Waals surface area (Å²) < 4.78 is 0. The average Bonchev–Trinajstić information content (AvgIpc) is 2.83. The van der Waals surface area contributed by atoms with E-state index < -0.39 is 0 Å². The number of hydrogen-bond donors (Lipinski definition) is 1. The van der Waals surface area contributed by atoms with Crippen LogP contribution in [0.5, 0.6) is 0 Å². The van der Waals surface area contributed by atoms with E-state index in [0.717, 1.165) is 11.4 Å². The minimum Gasteiger partial charge on any atom is -0.350 e. The van der Waals surface area contributed by atoms with Gasteiger partial charge in [-0.15, -0.1) is 0 Å². The van der Waals surface area contributed by atoms with Gasteiger partial charge in [0.25, 0.3) is 0 Å². The fourth-order valence-corrected chi connectivity index (χ4v) is 2.29. The predicted molar refractivity (Wildman–Crippen MR) is 86.7 cm³/mol. The highest BCUT2D eigenvalue weighted by atomic mass is 35.5. The van der Waals surface area contributed by atoms with Crippen LogP contribution in [0.25, 0.3) is 0 Å². The molecule has 0 atom stereocenters. The molecule has 1 N–H and O–H groups in total. The molecule has 0 bridgehead atoms. The van der Waals surface area contributed by atoms with Gasteiger partial charge in [-0.25, -0.2) is 5.01 Å². The molecule has 2 aliphatic rings. The monoisotopic (exact) mass is 314 g/mol. The lowest BCUT2D eigenvalue weighted by Gasteiger charge is -2.20. The van der Waals surface area contributed by atoms with Crippen LogP contribution < -0.4 is 5.32 Å². The van der Waals surface area contributed by atoms with E-state index >= 15 is 0 Å². The summed E-state index contributed by atoms with van der Waals surface area (Å²) in [5.74, 6) is 1.31. The summed E-state index contributed by atoms with van der Waals surface area (Å²) in [7, 11) is 0. The number of hydrazone groups is 1. The molecule has 5 nitrogen and oxygen atoms in total. The minimum absolute atomic E-state index is 0.117. The topological polar surface area (TPSA) is 47.9 Å². The third-order valence-corrected chi connectivity index (χ3v) is 3.59. The highest BCUT2D eigenvalue weighted by Crippen LogP contribution is 2.21. The van der Waals surface area contributed by atoms with Crippen molar-refractivity contribution in [1.29, 1.82) is 0 Å². The molecule has 3 rings (SSSR count). The number of nitrogens with one attached hydrogen (secondary N) is 1. The SMILES string of the molecule is C=C1N(CC(=O)NCc2ccc(Cl)cc2)N=C2C=CC=CN12. The lowest BCUT2D eigenvalue weighted by atomic mass is 10.2. The Kier molecular flexibility index (Phi) is 3.98. The number of carbonyl (C=O) groups is 1. The van der Waals surface area contributed by atoms with E-state index in [-0.39, 0.29) is 12.5 Å². The first kappa shape index (κ1) is 14.4. The van der Waals surface area contributed by atoms with Crippen LogP contribution in [-0.4, -0.2) is 28.2 Å². The quantitative estimate of drug-likeness (QED) is 0.928. The number of hydrogen-bond acceptors (Lipinski definition) is 4. The van der Waals surface area contributed by atoms with Crippen molar-refractivity contribution in [2.75, 3.05) is 6.54 Å². The fraction of sp³-hybridized carbons (Fsp3) is 0.125. The molecule has 112 valence electrons. The normalized spacial score (nSPS) is 15.9. The Morgan fingerprint density at radius 1 is 1.27 bits per heavy atom. The molecular formula is C16H15ClN4O. The van der Waals surface area contributed by atoms with Gasteiger partial charge < -0.3 is 5.32 Å². The van der Waals surface area contributed by atoms with Crippen molar-refractivity contribution < 1.29 is 4.79 Å². The Morgan fingerprint density at radius 3 is 2.77 bits per heavy atom.